The van der Waals surface area contributed by atoms with E-state index in [0.29, 0.717) is 10.2 Å². The minimum atomic E-state index is -0.811. The maximum Gasteiger partial charge on any atom is 0.175 e. The third-order valence-electron chi connectivity index (χ3n) is 2.17. The second-order valence-corrected chi connectivity index (χ2v) is 3.90. The summed E-state index contributed by atoms with van der Waals surface area (Å²) in [6.07, 6.45) is 0. The van der Waals surface area contributed by atoms with Crippen molar-refractivity contribution < 1.29 is 19.0 Å². The van der Waals surface area contributed by atoms with Crippen molar-refractivity contribution in [3.05, 3.63) is 21.9 Å². The number of methoxy groups -OCH3 is 2. The van der Waals surface area contributed by atoms with E-state index in [1.165, 1.54) is 20.3 Å². The zero-order chi connectivity index (χ0) is 12.3. The van der Waals surface area contributed by atoms with Gasteiger partial charge in [-0.1, -0.05) is 0 Å². The van der Waals surface area contributed by atoms with Gasteiger partial charge in [0.2, 0.25) is 0 Å². The van der Waals surface area contributed by atoms with E-state index in [9.17, 15) is 4.39 Å². The lowest BCUT2D eigenvalue weighted by Gasteiger charge is -2.17. The van der Waals surface area contributed by atoms with Crippen molar-refractivity contribution in [2.24, 2.45) is 5.73 Å². The molecule has 4 nitrogen and oxygen atoms in total. The summed E-state index contributed by atoms with van der Waals surface area (Å²) in [4.78, 5) is 0. The summed E-state index contributed by atoms with van der Waals surface area (Å²) in [6, 6.07) is 0.364. The van der Waals surface area contributed by atoms with Crippen LogP contribution in [0.3, 0.4) is 0 Å². The number of halogens is 2. The first kappa shape index (κ1) is 13.2. The molecule has 90 valence electrons. The highest BCUT2D eigenvalue weighted by Gasteiger charge is 2.21. The maximum absolute atomic E-state index is 13.7. The van der Waals surface area contributed by atoms with Crippen LogP contribution in [0.25, 0.3) is 0 Å². The van der Waals surface area contributed by atoms with Crippen molar-refractivity contribution in [3.8, 4) is 11.5 Å². The molecule has 0 amide bonds. The quantitative estimate of drug-likeness (QED) is 0.885. The molecule has 1 atom stereocenters. The fraction of sp³-hybridized carbons (Fsp3) is 0.400. The number of hydrogen-bond donors (Lipinski definition) is 2. The van der Waals surface area contributed by atoms with Gasteiger partial charge in [-0.2, -0.15) is 0 Å². The molecule has 0 aliphatic carbocycles. The lowest BCUT2D eigenvalue weighted by molar-refractivity contribution is 0.264. The Morgan fingerprint density at radius 2 is 2.12 bits per heavy atom. The van der Waals surface area contributed by atoms with E-state index in [4.69, 9.17) is 20.3 Å². The van der Waals surface area contributed by atoms with Gasteiger partial charge in [-0.3, -0.25) is 0 Å². The first-order valence-electron chi connectivity index (χ1n) is 4.53. The number of rotatable bonds is 4. The molecule has 1 aromatic rings. The zero-order valence-electron chi connectivity index (χ0n) is 8.96. The van der Waals surface area contributed by atoms with Crippen molar-refractivity contribution in [1.82, 2.24) is 0 Å². The Morgan fingerprint density at radius 3 is 2.56 bits per heavy atom. The lowest BCUT2D eigenvalue weighted by Crippen LogP contribution is -2.17. The van der Waals surface area contributed by atoms with Gasteiger partial charge in [0, 0.05) is 11.6 Å². The molecule has 1 unspecified atom stereocenters. The van der Waals surface area contributed by atoms with Crippen molar-refractivity contribution in [2.75, 3.05) is 20.8 Å². The third kappa shape index (κ3) is 2.28. The van der Waals surface area contributed by atoms with E-state index in [2.05, 4.69) is 15.9 Å². The van der Waals surface area contributed by atoms with Crippen LogP contribution in [-0.2, 0) is 0 Å². The van der Waals surface area contributed by atoms with Gasteiger partial charge >= 0.3 is 0 Å². The second-order valence-electron chi connectivity index (χ2n) is 3.11. The number of benzene rings is 1. The van der Waals surface area contributed by atoms with Gasteiger partial charge in [0.05, 0.1) is 31.3 Å². The molecule has 0 bridgehead atoms. The molecule has 0 saturated heterocycles. The van der Waals surface area contributed by atoms with Crippen LogP contribution < -0.4 is 15.2 Å². The predicted octanol–water partition coefficient (Wildman–Crippen LogP) is 1.60. The smallest absolute Gasteiger partial charge is 0.175 e. The normalized spacial score (nSPS) is 12.4. The molecule has 3 N–H and O–H groups in total. The first-order valence-corrected chi connectivity index (χ1v) is 5.32. The third-order valence-corrected chi connectivity index (χ3v) is 2.95. The van der Waals surface area contributed by atoms with Gasteiger partial charge in [-0.25, -0.2) is 4.39 Å². The monoisotopic (exact) mass is 293 g/mol. The minimum absolute atomic E-state index is 0.167. The van der Waals surface area contributed by atoms with Crippen LogP contribution in [0.5, 0.6) is 11.5 Å². The minimum Gasteiger partial charge on any atom is -0.493 e. The first-order chi connectivity index (χ1) is 7.56. The summed E-state index contributed by atoms with van der Waals surface area (Å²) in [6.45, 7) is -0.356. The largest absolute Gasteiger partial charge is 0.493 e. The summed E-state index contributed by atoms with van der Waals surface area (Å²) in [5.41, 5.74) is 5.76. The molecule has 0 radical (unpaired) electrons. The van der Waals surface area contributed by atoms with Gasteiger partial charge in [0.15, 0.2) is 11.5 Å². The Labute approximate surface area is 101 Å². The van der Waals surface area contributed by atoms with Crippen LogP contribution in [0.4, 0.5) is 4.39 Å². The van der Waals surface area contributed by atoms with Crippen LogP contribution in [0, 0.1) is 5.82 Å². The molecule has 0 heterocycles. The number of ether oxygens (including phenoxy) is 2. The molecular formula is C10H13BrFNO3. The summed E-state index contributed by atoms with van der Waals surface area (Å²) < 4.78 is 24.1. The summed E-state index contributed by atoms with van der Waals surface area (Å²) in [5.74, 6) is 0.0645. The van der Waals surface area contributed by atoms with Crippen molar-refractivity contribution in [2.45, 2.75) is 6.04 Å². The standard InChI is InChI=1S/C10H13BrFNO3/c1-15-7-3-5(12)8(6(13)4-14)9(11)10(7)16-2/h3,6,14H,4,13H2,1-2H3. The van der Waals surface area contributed by atoms with E-state index in [1.807, 2.05) is 0 Å². The van der Waals surface area contributed by atoms with E-state index < -0.39 is 11.9 Å². The molecule has 0 aliphatic heterocycles. The molecule has 1 aromatic carbocycles. The topological polar surface area (TPSA) is 64.7 Å². The average molecular weight is 294 g/mol. The zero-order valence-corrected chi connectivity index (χ0v) is 10.5. The Hall–Kier alpha value is -0.850. The number of aliphatic hydroxyl groups excluding tert-OH is 1. The van der Waals surface area contributed by atoms with E-state index in [0.717, 1.165) is 0 Å². The average Bonchev–Trinajstić information content (AvgIpc) is 2.27. The Bertz CT molecular complexity index is 387. The van der Waals surface area contributed by atoms with Gasteiger partial charge in [-0.15, -0.1) is 0 Å². The number of nitrogens with two attached hydrogens (primary N) is 1. The van der Waals surface area contributed by atoms with Crippen molar-refractivity contribution in [3.63, 3.8) is 0 Å². The Balaban J connectivity index is 3.40. The van der Waals surface area contributed by atoms with E-state index in [1.54, 1.807) is 0 Å². The maximum atomic E-state index is 13.7. The number of hydrogen-bond acceptors (Lipinski definition) is 4. The van der Waals surface area contributed by atoms with Crippen LogP contribution in [0.2, 0.25) is 0 Å². The molecule has 1 rings (SSSR count). The highest BCUT2D eigenvalue weighted by Crippen LogP contribution is 2.40. The molecule has 0 saturated carbocycles. The predicted molar refractivity (Wildman–Crippen MR) is 61.2 cm³/mol. The van der Waals surface area contributed by atoms with Crippen molar-refractivity contribution in [1.29, 1.82) is 0 Å². The molecule has 0 spiro atoms. The summed E-state index contributed by atoms with van der Waals surface area (Å²) in [7, 11) is 2.85. The van der Waals surface area contributed by atoms with Gasteiger partial charge in [0.1, 0.15) is 5.82 Å². The molecule has 16 heavy (non-hydrogen) atoms. The fourth-order valence-electron chi connectivity index (χ4n) is 1.37. The van der Waals surface area contributed by atoms with E-state index in [-0.39, 0.29) is 17.9 Å². The Kier molecular flexibility index (Phi) is 4.52. The second kappa shape index (κ2) is 5.47. The highest BCUT2D eigenvalue weighted by molar-refractivity contribution is 9.10. The van der Waals surface area contributed by atoms with Gasteiger partial charge in [-0.05, 0) is 15.9 Å². The van der Waals surface area contributed by atoms with Crippen LogP contribution in [-0.4, -0.2) is 25.9 Å². The fourth-order valence-corrected chi connectivity index (χ4v) is 2.21. The van der Waals surface area contributed by atoms with Gasteiger partial charge < -0.3 is 20.3 Å². The molecule has 6 heteroatoms. The highest BCUT2D eigenvalue weighted by atomic mass is 79.9. The lowest BCUT2D eigenvalue weighted by atomic mass is 10.1. The van der Waals surface area contributed by atoms with Crippen LogP contribution >= 0.6 is 15.9 Å². The summed E-state index contributed by atoms with van der Waals surface area (Å²) in [5, 5.41) is 8.94. The van der Waals surface area contributed by atoms with Crippen LogP contribution in [0.1, 0.15) is 11.6 Å². The molecule has 0 fully saturated rings. The SMILES string of the molecule is COc1cc(F)c(C(N)CO)c(Br)c1OC. The summed E-state index contributed by atoms with van der Waals surface area (Å²) >= 11 is 3.19. The number of aliphatic hydroxyl groups is 1. The van der Waals surface area contributed by atoms with Gasteiger partial charge in [0.25, 0.3) is 0 Å². The van der Waals surface area contributed by atoms with Crippen LogP contribution in [0.15, 0.2) is 10.5 Å². The van der Waals surface area contributed by atoms with E-state index >= 15 is 0 Å². The van der Waals surface area contributed by atoms with Crippen molar-refractivity contribution >= 4 is 15.9 Å². The molecule has 0 aliphatic rings. The Morgan fingerprint density at radius 1 is 1.50 bits per heavy atom. The molecular weight excluding hydrogens is 281 g/mol. The molecule has 0 aromatic heterocycles.